The molecule has 1 heterocycles. The van der Waals surface area contributed by atoms with E-state index in [1.54, 1.807) is 11.3 Å². The number of hydrogen-bond acceptors (Lipinski definition) is 3. The van der Waals surface area contributed by atoms with Crippen molar-refractivity contribution in [3.8, 4) is 22.7 Å². The average Bonchev–Trinajstić information content (AvgIpc) is 3.20. The van der Waals surface area contributed by atoms with Gasteiger partial charge in [0.2, 0.25) is 16.4 Å². The lowest BCUT2D eigenvalue weighted by Gasteiger charge is -2.09. The van der Waals surface area contributed by atoms with E-state index >= 15 is 0 Å². The van der Waals surface area contributed by atoms with Gasteiger partial charge in [-0.25, -0.2) is 0 Å². The Morgan fingerprint density at radius 2 is 1.60 bits per heavy atom. The van der Waals surface area contributed by atoms with Crippen LogP contribution in [0.2, 0.25) is 0 Å². The number of para-hydroxylation sites is 1. The molecule has 150 valence electrons. The Morgan fingerprint density at radius 3 is 2.27 bits per heavy atom. The minimum Gasteiger partial charge on any atom is -0.494 e. The standard InChI is InChI=1S/C26H25N2OS/c1-3-29-24-16-14-22(15-17-24)27-20(2)18-26-28(23-12-8-5-9-13-23)25(19-30-26)21-10-6-4-7-11-21/h4-17,19,27H,2-3,18H2,1H3/q+1. The van der Waals surface area contributed by atoms with Gasteiger partial charge in [0, 0.05) is 29.1 Å². The lowest BCUT2D eigenvalue weighted by Crippen LogP contribution is -2.35. The summed E-state index contributed by atoms with van der Waals surface area (Å²) in [6.45, 7) is 6.93. The number of nitrogens with one attached hydrogen (secondary N) is 1. The van der Waals surface area contributed by atoms with Crippen LogP contribution in [0.4, 0.5) is 5.69 Å². The van der Waals surface area contributed by atoms with Crippen molar-refractivity contribution in [1.29, 1.82) is 0 Å². The molecule has 30 heavy (non-hydrogen) atoms. The summed E-state index contributed by atoms with van der Waals surface area (Å²) in [5.74, 6) is 0.876. The van der Waals surface area contributed by atoms with Crippen LogP contribution in [-0.2, 0) is 6.42 Å². The quantitative estimate of drug-likeness (QED) is 0.345. The van der Waals surface area contributed by atoms with Crippen molar-refractivity contribution in [1.82, 2.24) is 0 Å². The minimum atomic E-state index is 0.668. The van der Waals surface area contributed by atoms with Crippen LogP contribution in [0.25, 0.3) is 16.9 Å². The number of hydrogen-bond donors (Lipinski definition) is 1. The summed E-state index contributed by atoms with van der Waals surface area (Å²) in [7, 11) is 0. The Hall–Kier alpha value is -3.37. The maximum atomic E-state index is 5.52. The van der Waals surface area contributed by atoms with Gasteiger partial charge in [0.25, 0.3) is 0 Å². The zero-order chi connectivity index (χ0) is 20.8. The first-order valence-electron chi connectivity index (χ1n) is 10.1. The van der Waals surface area contributed by atoms with E-state index in [9.17, 15) is 0 Å². The molecule has 0 spiro atoms. The van der Waals surface area contributed by atoms with Gasteiger partial charge < -0.3 is 10.1 Å². The Kier molecular flexibility index (Phi) is 6.26. The van der Waals surface area contributed by atoms with Crippen molar-refractivity contribution in [2.75, 3.05) is 11.9 Å². The fourth-order valence-electron chi connectivity index (χ4n) is 3.38. The summed E-state index contributed by atoms with van der Waals surface area (Å²) in [5, 5.41) is 6.88. The van der Waals surface area contributed by atoms with E-state index in [0.717, 1.165) is 29.2 Å². The number of nitrogens with zero attached hydrogens (tertiary/aromatic N) is 1. The van der Waals surface area contributed by atoms with Crippen LogP contribution in [0.15, 0.2) is 103 Å². The molecule has 3 aromatic carbocycles. The summed E-state index contributed by atoms with van der Waals surface area (Å²) in [4.78, 5) is 0. The summed E-state index contributed by atoms with van der Waals surface area (Å²) in [6, 6.07) is 29.0. The van der Waals surface area contributed by atoms with Crippen LogP contribution in [0.5, 0.6) is 5.75 Å². The summed E-state index contributed by atoms with van der Waals surface area (Å²) < 4.78 is 7.84. The zero-order valence-electron chi connectivity index (χ0n) is 17.0. The van der Waals surface area contributed by atoms with Crippen LogP contribution in [0.1, 0.15) is 11.9 Å². The summed E-state index contributed by atoms with van der Waals surface area (Å²) in [5.41, 5.74) is 5.51. The monoisotopic (exact) mass is 413 g/mol. The van der Waals surface area contributed by atoms with Gasteiger partial charge in [-0.1, -0.05) is 54.3 Å². The molecule has 0 radical (unpaired) electrons. The molecule has 0 aliphatic heterocycles. The minimum absolute atomic E-state index is 0.668. The highest BCUT2D eigenvalue weighted by molar-refractivity contribution is 7.09. The van der Waals surface area contributed by atoms with Gasteiger partial charge in [-0.3, -0.25) is 0 Å². The average molecular weight is 414 g/mol. The molecular weight excluding hydrogens is 388 g/mol. The molecular formula is C26H25N2OS+. The normalized spacial score (nSPS) is 10.6. The lowest BCUT2D eigenvalue weighted by atomic mass is 10.1. The molecule has 0 unspecified atom stereocenters. The van der Waals surface area contributed by atoms with E-state index in [-0.39, 0.29) is 0 Å². The van der Waals surface area contributed by atoms with E-state index in [2.05, 4.69) is 70.4 Å². The van der Waals surface area contributed by atoms with E-state index in [1.807, 2.05) is 43.3 Å². The maximum Gasteiger partial charge on any atom is 0.249 e. The van der Waals surface area contributed by atoms with Crippen LogP contribution < -0.4 is 14.6 Å². The lowest BCUT2D eigenvalue weighted by molar-refractivity contribution is -0.586. The van der Waals surface area contributed by atoms with E-state index in [0.29, 0.717) is 6.61 Å². The van der Waals surface area contributed by atoms with Gasteiger partial charge in [-0.2, -0.15) is 0 Å². The third kappa shape index (κ3) is 4.61. The Bertz CT molecular complexity index is 1100. The fourth-order valence-corrected chi connectivity index (χ4v) is 4.44. The number of anilines is 1. The number of ether oxygens (including phenoxy) is 1. The molecule has 0 aliphatic rings. The molecule has 0 amide bonds. The van der Waals surface area contributed by atoms with Crippen LogP contribution in [-0.4, -0.2) is 6.61 Å². The van der Waals surface area contributed by atoms with Gasteiger partial charge in [0.1, 0.15) is 5.75 Å². The fraction of sp³-hybridized carbons (Fsp3) is 0.115. The van der Waals surface area contributed by atoms with Crippen LogP contribution in [0, 0.1) is 0 Å². The van der Waals surface area contributed by atoms with Crippen molar-refractivity contribution in [2.24, 2.45) is 0 Å². The van der Waals surface area contributed by atoms with Gasteiger partial charge >= 0.3 is 0 Å². The molecule has 0 fully saturated rings. The second-order valence-electron chi connectivity index (χ2n) is 6.91. The van der Waals surface area contributed by atoms with Crippen LogP contribution >= 0.6 is 11.3 Å². The van der Waals surface area contributed by atoms with Gasteiger partial charge in [-0.05, 0) is 43.3 Å². The first kappa shape index (κ1) is 19.9. The van der Waals surface area contributed by atoms with Crippen molar-refractivity contribution >= 4 is 17.0 Å². The molecule has 4 heteroatoms. The van der Waals surface area contributed by atoms with E-state index in [4.69, 9.17) is 4.74 Å². The molecule has 4 aromatic rings. The van der Waals surface area contributed by atoms with Gasteiger partial charge in [-0.15, -0.1) is 4.57 Å². The molecule has 0 saturated carbocycles. The number of aromatic nitrogens is 1. The molecule has 3 nitrogen and oxygen atoms in total. The zero-order valence-corrected chi connectivity index (χ0v) is 17.9. The number of rotatable bonds is 8. The first-order chi connectivity index (χ1) is 14.7. The Labute approximate surface area is 181 Å². The van der Waals surface area contributed by atoms with Gasteiger partial charge in [0.15, 0.2) is 0 Å². The Balaban J connectivity index is 1.59. The summed E-state index contributed by atoms with van der Waals surface area (Å²) in [6.07, 6.45) is 0.736. The number of benzene rings is 3. The molecule has 0 atom stereocenters. The summed E-state index contributed by atoms with van der Waals surface area (Å²) >= 11 is 1.76. The second kappa shape index (κ2) is 9.42. The molecule has 0 saturated heterocycles. The van der Waals surface area contributed by atoms with E-state index in [1.165, 1.54) is 16.3 Å². The number of allylic oxidation sites excluding steroid dienone is 1. The predicted octanol–water partition coefficient (Wildman–Crippen LogP) is 6.26. The molecule has 0 bridgehead atoms. The van der Waals surface area contributed by atoms with Gasteiger partial charge in [0.05, 0.1) is 18.4 Å². The largest absolute Gasteiger partial charge is 0.494 e. The third-order valence-electron chi connectivity index (χ3n) is 4.73. The highest BCUT2D eigenvalue weighted by Gasteiger charge is 2.24. The third-order valence-corrected chi connectivity index (χ3v) is 5.67. The predicted molar refractivity (Wildman–Crippen MR) is 125 cm³/mol. The topological polar surface area (TPSA) is 25.1 Å². The maximum absolute atomic E-state index is 5.52. The molecule has 1 aromatic heterocycles. The van der Waals surface area contributed by atoms with Crippen molar-refractivity contribution in [3.05, 3.63) is 108 Å². The highest BCUT2D eigenvalue weighted by atomic mass is 32.1. The van der Waals surface area contributed by atoms with Crippen molar-refractivity contribution in [3.63, 3.8) is 0 Å². The second-order valence-corrected chi connectivity index (χ2v) is 7.86. The molecule has 4 rings (SSSR count). The highest BCUT2D eigenvalue weighted by Crippen LogP contribution is 2.24. The SMILES string of the molecule is C=C(Cc1scc(-c2ccccc2)[n+]1-c1ccccc1)Nc1ccc(OCC)cc1. The molecule has 0 aliphatic carbocycles. The van der Waals surface area contributed by atoms with Crippen LogP contribution in [0.3, 0.4) is 0 Å². The van der Waals surface area contributed by atoms with E-state index < -0.39 is 0 Å². The molecule has 1 N–H and O–H groups in total. The van der Waals surface area contributed by atoms with Crippen molar-refractivity contribution < 1.29 is 9.30 Å². The number of thiazole rings is 1. The first-order valence-corrected chi connectivity index (χ1v) is 10.9. The van der Waals surface area contributed by atoms with Crippen molar-refractivity contribution in [2.45, 2.75) is 13.3 Å². The smallest absolute Gasteiger partial charge is 0.249 e. The Morgan fingerprint density at radius 1 is 0.933 bits per heavy atom.